The first-order chi connectivity index (χ1) is 10.8. The smallest absolute Gasteiger partial charge is 0.193 e. The van der Waals surface area contributed by atoms with E-state index in [-0.39, 0.29) is 24.0 Å². The highest BCUT2D eigenvalue weighted by molar-refractivity contribution is 14.0. The van der Waals surface area contributed by atoms with Crippen LogP contribution in [0.4, 0.5) is 0 Å². The molecule has 0 atom stereocenters. The molecule has 23 heavy (non-hydrogen) atoms. The summed E-state index contributed by atoms with van der Waals surface area (Å²) in [4.78, 5) is 9.86. The summed E-state index contributed by atoms with van der Waals surface area (Å²) >= 11 is 0. The molecule has 2 saturated heterocycles. The van der Waals surface area contributed by atoms with E-state index in [4.69, 9.17) is 9.73 Å². The zero-order valence-corrected chi connectivity index (χ0v) is 16.9. The van der Waals surface area contributed by atoms with E-state index in [1.54, 1.807) is 0 Å². The molecule has 3 aliphatic rings. The summed E-state index contributed by atoms with van der Waals surface area (Å²) in [6, 6.07) is 0. The molecule has 0 aromatic rings. The van der Waals surface area contributed by atoms with Crippen molar-refractivity contribution < 1.29 is 4.74 Å². The number of hydrogen-bond acceptors (Lipinski definition) is 3. The van der Waals surface area contributed by atoms with E-state index < -0.39 is 0 Å². The molecule has 5 nitrogen and oxygen atoms in total. The summed E-state index contributed by atoms with van der Waals surface area (Å²) in [5.41, 5.74) is 0.612. The Bertz CT molecular complexity index is 379. The van der Waals surface area contributed by atoms with E-state index >= 15 is 0 Å². The summed E-state index contributed by atoms with van der Waals surface area (Å²) < 4.78 is 5.40. The van der Waals surface area contributed by atoms with Crippen molar-refractivity contribution in [1.82, 2.24) is 15.1 Å². The molecule has 0 radical (unpaired) electrons. The number of halogens is 1. The zero-order valence-electron chi connectivity index (χ0n) is 14.6. The largest absolute Gasteiger partial charge is 0.379 e. The van der Waals surface area contributed by atoms with E-state index in [1.807, 2.05) is 0 Å². The molecule has 0 aromatic heterocycles. The first-order valence-electron chi connectivity index (χ1n) is 9.15. The second-order valence-corrected chi connectivity index (χ2v) is 7.07. The SMILES string of the molecule is CCNC(=NCCN1CCOCC1)N1CCC2(CCCC2)C1.I. The number of ether oxygens (including phenoxy) is 1. The van der Waals surface area contributed by atoms with Gasteiger partial charge >= 0.3 is 0 Å². The maximum atomic E-state index is 5.40. The van der Waals surface area contributed by atoms with Gasteiger partial charge in [-0.25, -0.2) is 0 Å². The molecule has 3 fully saturated rings. The normalized spacial score (nSPS) is 24.9. The molecule has 2 heterocycles. The van der Waals surface area contributed by atoms with Crippen LogP contribution in [0.15, 0.2) is 4.99 Å². The minimum Gasteiger partial charge on any atom is -0.379 e. The minimum atomic E-state index is 0. The van der Waals surface area contributed by atoms with Gasteiger partial charge in [0.1, 0.15) is 0 Å². The van der Waals surface area contributed by atoms with Crippen molar-refractivity contribution in [2.45, 2.75) is 39.0 Å². The molecule has 1 N–H and O–H groups in total. The van der Waals surface area contributed by atoms with Crippen molar-refractivity contribution in [2.24, 2.45) is 10.4 Å². The highest BCUT2D eigenvalue weighted by Crippen LogP contribution is 2.45. The maximum Gasteiger partial charge on any atom is 0.193 e. The average molecular weight is 436 g/mol. The lowest BCUT2D eigenvalue weighted by Crippen LogP contribution is -2.42. The summed E-state index contributed by atoms with van der Waals surface area (Å²) in [6.45, 7) is 11.3. The van der Waals surface area contributed by atoms with Gasteiger partial charge < -0.3 is 15.0 Å². The van der Waals surface area contributed by atoms with Crippen molar-refractivity contribution in [3.63, 3.8) is 0 Å². The third-order valence-corrected chi connectivity index (χ3v) is 5.52. The molecule has 2 aliphatic heterocycles. The topological polar surface area (TPSA) is 40.1 Å². The Labute approximate surface area is 158 Å². The second-order valence-electron chi connectivity index (χ2n) is 7.07. The molecule has 0 bridgehead atoms. The third kappa shape index (κ3) is 5.19. The Hall–Kier alpha value is -0.0800. The van der Waals surface area contributed by atoms with Crippen LogP contribution in [-0.2, 0) is 4.74 Å². The third-order valence-electron chi connectivity index (χ3n) is 5.52. The average Bonchev–Trinajstić information content (AvgIpc) is 3.18. The molecule has 0 aromatic carbocycles. The van der Waals surface area contributed by atoms with Gasteiger partial charge in [-0.1, -0.05) is 12.8 Å². The summed E-state index contributed by atoms with van der Waals surface area (Å²) in [5, 5.41) is 3.50. The number of rotatable bonds is 4. The van der Waals surface area contributed by atoms with Gasteiger partial charge in [-0.05, 0) is 31.6 Å². The molecule has 1 saturated carbocycles. The van der Waals surface area contributed by atoms with Gasteiger partial charge in [0.15, 0.2) is 5.96 Å². The minimum absolute atomic E-state index is 0. The van der Waals surface area contributed by atoms with Gasteiger partial charge in [0.05, 0.1) is 19.8 Å². The number of morpholine rings is 1. The Morgan fingerprint density at radius 3 is 2.57 bits per heavy atom. The molecule has 6 heteroatoms. The molecule has 0 amide bonds. The van der Waals surface area contributed by atoms with Crippen LogP contribution in [0.5, 0.6) is 0 Å². The molecule has 134 valence electrons. The van der Waals surface area contributed by atoms with Crippen LogP contribution in [0.25, 0.3) is 0 Å². The highest BCUT2D eigenvalue weighted by atomic mass is 127. The van der Waals surface area contributed by atoms with Crippen molar-refractivity contribution in [2.75, 3.05) is 59.0 Å². The Kier molecular flexibility index (Phi) is 7.88. The standard InChI is InChI=1S/C17H32N4O.HI/c1-2-18-16(19-8-10-20-11-13-22-14-12-20)21-9-7-17(15-21)5-3-4-6-17;/h2-15H2,1H3,(H,18,19);1H. The molecule has 1 aliphatic carbocycles. The van der Waals surface area contributed by atoms with Crippen molar-refractivity contribution in [1.29, 1.82) is 0 Å². The predicted octanol–water partition coefficient (Wildman–Crippen LogP) is 2.17. The molecular weight excluding hydrogens is 403 g/mol. The summed E-state index contributed by atoms with van der Waals surface area (Å²) in [6.07, 6.45) is 7.07. The lowest BCUT2D eigenvalue weighted by Gasteiger charge is -2.27. The van der Waals surface area contributed by atoms with Gasteiger partial charge in [0.25, 0.3) is 0 Å². The summed E-state index contributed by atoms with van der Waals surface area (Å²) in [5.74, 6) is 1.14. The number of aliphatic imine (C=N–C) groups is 1. The fourth-order valence-electron chi connectivity index (χ4n) is 4.20. The quantitative estimate of drug-likeness (QED) is 0.417. The van der Waals surface area contributed by atoms with Gasteiger partial charge in [0.2, 0.25) is 0 Å². The molecule has 1 spiro atoms. The molecule has 0 unspecified atom stereocenters. The first kappa shape index (κ1) is 19.2. The van der Waals surface area contributed by atoms with Crippen molar-refractivity contribution in [3.8, 4) is 0 Å². The van der Waals surface area contributed by atoms with Crippen LogP contribution in [0.1, 0.15) is 39.0 Å². The van der Waals surface area contributed by atoms with Crippen LogP contribution in [0.3, 0.4) is 0 Å². The monoisotopic (exact) mass is 436 g/mol. The Balaban J connectivity index is 0.00000192. The van der Waals surface area contributed by atoms with E-state index in [0.29, 0.717) is 5.41 Å². The first-order valence-corrected chi connectivity index (χ1v) is 9.15. The highest BCUT2D eigenvalue weighted by Gasteiger charge is 2.41. The van der Waals surface area contributed by atoms with Crippen LogP contribution in [-0.4, -0.2) is 74.8 Å². The van der Waals surface area contributed by atoms with Crippen LogP contribution in [0, 0.1) is 5.41 Å². The summed E-state index contributed by atoms with van der Waals surface area (Å²) in [7, 11) is 0. The van der Waals surface area contributed by atoms with Gasteiger partial charge in [0, 0.05) is 39.3 Å². The maximum absolute atomic E-state index is 5.40. The van der Waals surface area contributed by atoms with E-state index in [0.717, 1.165) is 51.9 Å². The van der Waals surface area contributed by atoms with E-state index in [9.17, 15) is 0 Å². The van der Waals surface area contributed by atoms with Crippen molar-refractivity contribution >= 4 is 29.9 Å². The number of guanidine groups is 1. The van der Waals surface area contributed by atoms with E-state index in [2.05, 4.69) is 22.0 Å². The molecular formula is C17H33IN4O. The van der Waals surface area contributed by atoms with Crippen LogP contribution < -0.4 is 5.32 Å². The Morgan fingerprint density at radius 2 is 1.87 bits per heavy atom. The predicted molar refractivity (Wildman–Crippen MR) is 106 cm³/mol. The van der Waals surface area contributed by atoms with Gasteiger partial charge in [-0.2, -0.15) is 0 Å². The lowest BCUT2D eigenvalue weighted by atomic mass is 9.86. The molecule has 3 rings (SSSR count). The van der Waals surface area contributed by atoms with Crippen molar-refractivity contribution in [3.05, 3.63) is 0 Å². The number of nitrogens with one attached hydrogen (secondary N) is 1. The zero-order chi connectivity index (χ0) is 15.3. The van der Waals surface area contributed by atoms with Gasteiger partial charge in [-0.3, -0.25) is 9.89 Å². The Morgan fingerprint density at radius 1 is 1.13 bits per heavy atom. The van der Waals surface area contributed by atoms with Crippen LogP contribution in [0.2, 0.25) is 0 Å². The van der Waals surface area contributed by atoms with Crippen LogP contribution >= 0.6 is 24.0 Å². The fourth-order valence-corrected chi connectivity index (χ4v) is 4.20. The van der Waals surface area contributed by atoms with E-state index in [1.165, 1.54) is 45.2 Å². The lowest BCUT2D eigenvalue weighted by molar-refractivity contribution is 0.0394. The number of hydrogen-bond donors (Lipinski definition) is 1. The number of nitrogens with zero attached hydrogens (tertiary/aromatic N) is 3. The van der Waals surface area contributed by atoms with Gasteiger partial charge in [-0.15, -0.1) is 24.0 Å². The second kappa shape index (κ2) is 9.42. The number of likely N-dealkylation sites (tertiary alicyclic amines) is 1. The fraction of sp³-hybridized carbons (Fsp3) is 0.941.